The maximum Gasteiger partial charge on any atom is 0.240 e. The van der Waals surface area contributed by atoms with Crippen molar-refractivity contribution in [2.45, 2.75) is 60.0 Å². The molecular weight excluding hydrogens is 330 g/mol. The minimum absolute atomic E-state index is 0.0221. The molecule has 0 spiro atoms. The maximum atomic E-state index is 12.2. The minimum Gasteiger partial charge on any atom is -0.354 e. The zero-order valence-corrected chi connectivity index (χ0v) is 17.3. The first-order valence-electron chi connectivity index (χ1n) is 9.29. The van der Waals surface area contributed by atoms with Gasteiger partial charge in [-0.15, -0.1) is 10.2 Å². The van der Waals surface area contributed by atoms with Gasteiger partial charge in [-0.05, 0) is 26.7 Å². The molecule has 0 unspecified atom stereocenters. The van der Waals surface area contributed by atoms with Gasteiger partial charge in [-0.25, -0.2) is 0 Å². The molecule has 2 N–H and O–H groups in total. The molecule has 0 aromatic carbocycles. The number of aliphatic imine (C=N–C) groups is 1. The van der Waals surface area contributed by atoms with E-state index in [1.165, 1.54) is 0 Å². The Kier molecular flexibility index (Phi) is 8.54. The smallest absolute Gasteiger partial charge is 0.240 e. The molecule has 1 rings (SSSR count). The summed E-state index contributed by atoms with van der Waals surface area (Å²) >= 11 is 0. The van der Waals surface area contributed by atoms with Crippen molar-refractivity contribution in [1.29, 1.82) is 0 Å². The van der Waals surface area contributed by atoms with Gasteiger partial charge in [0.25, 0.3) is 0 Å². The molecule has 0 radical (unpaired) electrons. The molecule has 1 heterocycles. The van der Waals surface area contributed by atoms with E-state index in [1.54, 1.807) is 6.33 Å². The Balaban J connectivity index is 2.66. The summed E-state index contributed by atoms with van der Waals surface area (Å²) in [5.41, 5.74) is -0.244. The number of carbonyl (C=O) groups excluding carboxylic acids is 1. The predicted octanol–water partition coefficient (Wildman–Crippen LogP) is 1.29. The van der Waals surface area contributed by atoms with Crippen molar-refractivity contribution < 1.29 is 4.79 Å². The monoisotopic (exact) mass is 365 g/mol. The van der Waals surface area contributed by atoms with Crippen LogP contribution in [0, 0.1) is 5.92 Å². The zero-order chi connectivity index (χ0) is 19.7. The van der Waals surface area contributed by atoms with E-state index in [1.807, 2.05) is 37.3 Å². The number of amides is 1. The third-order valence-corrected chi connectivity index (χ3v) is 3.51. The van der Waals surface area contributed by atoms with Gasteiger partial charge >= 0.3 is 0 Å². The van der Waals surface area contributed by atoms with Crippen LogP contribution in [0.4, 0.5) is 0 Å². The largest absolute Gasteiger partial charge is 0.354 e. The zero-order valence-electron chi connectivity index (χ0n) is 17.3. The molecule has 0 saturated heterocycles. The van der Waals surface area contributed by atoms with Crippen LogP contribution in [0.3, 0.4) is 0 Å². The van der Waals surface area contributed by atoms with Gasteiger partial charge in [0.1, 0.15) is 12.2 Å². The summed E-state index contributed by atoms with van der Waals surface area (Å²) in [7, 11) is 1.88. The van der Waals surface area contributed by atoms with Crippen molar-refractivity contribution >= 4 is 11.9 Å². The molecule has 0 saturated carbocycles. The Morgan fingerprint density at radius 1 is 1.38 bits per heavy atom. The topological polar surface area (TPSA) is 87.4 Å². The normalized spacial score (nSPS) is 12.4. The summed E-state index contributed by atoms with van der Waals surface area (Å²) in [6, 6.07) is 0. The first-order chi connectivity index (χ1) is 12.1. The number of likely N-dealkylation sites (N-methyl/N-ethyl adjacent to an activating group) is 1. The van der Waals surface area contributed by atoms with Crippen molar-refractivity contribution in [2.24, 2.45) is 10.9 Å². The number of nitrogens with zero attached hydrogens (tertiary/aromatic N) is 5. The lowest BCUT2D eigenvalue weighted by molar-refractivity contribution is -0.122. The Bertz CT molecular complexity index is 587. The molecule has 0 aliphatic carbocycles. The van der Waals surface area contributed by atoms with Crippen LogP contribution in [0.5, 0.6) is 0 Å². The molecule has 0 fully saturated rings. The first kappa shape index (κ1) is 21.9. The summed E-state index contributed by atoms with van der Waals surface area (Å²) in [6.07, 6.45) is 2.59. The minimum atomic E-state index is -0.244. The molecular formula is C18H35N7O. The third kappa shape index (κ3) is 8.31. The fourth-order valence-electron chi connectivity index (χ4n) is 2.36. The van der Waals surface area contributed by atoms with Crippen molar-refractivity contribution in [3.8, 4) is 0 Å². The number of hydrogen-bond donors (Lipinski definition) is 2. The number of hydrogen-bond acceptors (Lipinski definition) is 4. The van der Waals surface area contributed by atoms with Crippen LogP contribution in [-0.2, 0) is 17.8 Å². The summed E-state index contributed by atoms with van der Waals surface area (Å²) < 4.78 is 2.03. The van der Waals surface area contributed by atoms with Crippen molar-refractivity contribution in [2.75, 3.05) is 26.7 Å². The standard InChI is InChI=1S/C18H35N7O/c1-8-15-23-21-13-25(15)10-9-19-17(20-11-14(2)3)24(7)12-16(26)22-18(4,5)6/h13-14H,8-12H2,1-7H3,(H,19,20)(H,22,26). The third-order valence-electron chi connectivity index (χ3n) is 3.51. The lowest BCUT2D eigenvalue weighted by Crippen LogP contribution is -2.49. The fraction of sp³-hybridized carbons (Fsp3) is 0.778. The summed E-state index contributed by atoms with van der Waals surface area (Å²) in [5.74, 6) is 2.12. The molecule has 0 bridgehead atoms. The molecule has 0 aliphatic heterocycles. The average molecular weight is 366 g/mol. The Labute approximate surface area is 157 Å². The van der Waals surface area contributed by atoms with Crippen LogP contribution in [0.2, 0.25) is 0 Å². The van der Waals surface area contributed by atoms with Crippen LogP contribution in [0.15, 0.2) is 11.3 Å². The number of rotatable bonds is 8. The van der Waals surface area contributed by atoms with E-state index in [-0.39, 0.29) is 18.0 Å². The fourth-order valence-corrected chi connectivity index (χ4v) is 2.36. The van der Waals surface area contributed by atoms with Gasteiger partial charge in [0.2, 0.25) is 5.91 Å². The molecule has 1 aromatic rings. The van der Waals surface area contributed by atoms with Crippen molar-refractivity contribution in [3.63, 3.8) is 0 Å². The summed E-state index contributed by atoms with van der Waals surface area (Å²) in [5, 5.41) is 14.4. The molecule has 1 amide bonds. The maximum absolute atomic E-state index is 12.2. The molecule has 8 heteroatoms. The van der Waals surface area contributed by atoms with Crippen LogP contribution in [0.25, 0.3) is 0 Å². The first-order valence-corrected chi connectivity index (χ1v) is 9.29. The van der Waals surface area contributed by atoms with Crippen molar-refractivity contribution in [3.05, 3.63) is 12.2 Å². The second kappa shape index (κ2) is 10.1. The van der Waals surface area contributed by atoms with Gasteiger partial charge in [-0.1, -0.05) is 20.8 Å². The molecule has 1 aromatic heterocycles. The Morgan fingerprint density at radius 2 is 2.08 bits per heavy atom. The number of carbonyl (C=O) groups is 1. The highest BCUT2D eigenvalue weighted by Gasteiger charge is 2.17. The van der Waals surface area contributed by atoms with Crippen LogP contribution >= 0.6 is 0 Å². The number of aryl methyl sites for hydroxylation is 1. The Morgan fingerprint density at radius 3 is 2.65 bits per heavy atom. The highest BCUT2D eigenvalue weighted by molar-refractivity contribution is 5.86. The molecule has 26 heavy (non-hydrogen) atoms. The van der Waals surface area contributed by atoms with E-state index in [9.17, 15) is 4.79 Å². The highest BCUT2D eigenvalue weighted by Crippen LogP contribution is 2.00. The number of nitrogens with one attached hydrogen (secondary N) is 2. The van der Waals surface area contributed by atoms with E-state index >= 15 is 0 Å². The van der Waals surface area contributed by atoms with Crippen LogP contribution < -0.4 is 10.6 Å². The molecule has 0 atom stereocenters. The van der Waals surface area contributed by atoms with E-state index in [0.29, 0.717) is 19.0 Å². The van der Waals surface area contributed by atoms with Gasteiger partial charge in [-0.2, -0.15) is 0 Å². The van der Waals surface area contributed by atoms with Crippen LogP contribution in [-0.4, -0.2) is 63.8 Å². The van der Waals surface area contributed by atoms with E-state index in [2.05, 4.69) is 46.6 Å². The van der Waals surface area contributed by atoms with Crippen molar-refractivity contribution in [1.82, 2.24) is 30.3 Å². The summed E-state index contributed by atoms with van der Waals surface area (Å²) in [6.45, 7) is 14.6. The van der Waals surface area contributed by atoms with E-state index < -0.39 is 0 Å². The molecule has 0 aliphatic rings. The van der Waals surface area contributed by atoms with Gasteiger partial charge in [-0.3, -0.25) is 9.79 Å². The highest BCUT2D eigenvalue weighted by atomic mass is 16.2. The SMILES string of the molecule is CCc1nncn1CCNC(=NCC(C)C)N(C)CC(=O)NC(C)(C)C. The Hall–Kier alpha value is -2.12. The average Bonchev–Trinajstić information content (AvgIpc) is 2.95. The second-order valence-electron chi connectivity index (χ2n) is 7.93. The van der Waals surface area contributed by atoms with Crippen LogP contribution in [0.1, 0.15) is 47.4 Å². The van der Waals surface area contributed by atoms with Gasteiger partial charge in [0.15, 0.2) is 5.96 Å². The number of aromatic nitrogens is 3. The van der Waals surface area contributed by atoms with Gasteiger partial charge in [0, 0.05) is 38.6 Å². The van der Waals surface area contributed by atoms with E-state index in [0.717, 1.165) is 24.7 Å². The molecule has 8 nitrogen and oxygen atoms in total. The predicted molar refractivity (Wildman–Crippen MR) is 105 cm³/mol. The lowest BCUT2D eigenvalue weighted by Gasteiger charge is -2.26. The van der Waals surface area contributed by atoms with Gasteiger partial charge in [0.05, 0.1) is 6.54 Å². The molecule has 148 valence electrons. The summed E-state index contributed by atoms with van der Waals surface area (Å²) in [4.78, 5) is 18.7. The van der Waals surface area contributed by atoms with E-state index in [4.69, 9.17) is 0 Å². The second-order valence-corrected chi connectivity index (χ2v) is 7.93. The van der Waals surface area contributed by atoms with Gasteiger partial charge < -0.3 is 20.1 Å². The lowest BCUT2D eigenvalue weighted by atomic mass is 10.1. The quantitative estimate of drug-likeness (QED) is 0.535. The number of guanidine groups is 1.